The monoisotopic (exact) mass is 299 g/mol. The Morgan fingerprint density at radius 1 is 1.45 bits per heavy atom. The van der Waals surface area contributed by atoms with Gasteiger partial charge >= 0.3 is 0 Å². The second-order valence-electron chi connectivity index (χ2n) is 6.41. The second kappa shape index (κ2) is 5.29. The number of hydrogen-bond acceptors (Lipinski definition) is 3. The minimum atomic E-state index is -0.972. The molecule has 1 aromatic carbocycles. The third-order valence-electron chi connectivity index (χ3n) is 4.60. The lowest BCUT2D eigenvalue weighted by Crippen LogP contribution is -2.52. The van der Waals surface area contributed by atoms with Gasteiger partial charge in [-0.3, -0.25) is 9.64 Å². The third kappa shape index (κ3) is 2.24. The maximum atomic E-state index is 12.8. The Hall–Kier alpha value is -2.06. The molecule has 1 saturated heterocycles. The molecule has 3 rings (SSSR count). The Morgan fingerprint density at radius 3 is 2.82 bits per heavy atom. The van der Waals surface area contributed by atoms with Crippen molar-refractivity contribution in [2.24, 2.45) is 0 Å². The minimum absolute atomic E-state index is 0.0948. The van der Waals surface area contributed by atoms with E-state index < -0.39 is 5.60 Å². The fourth-order valence-electron chi connectivity index (χ4n) is 3.36. The summed E-state index contributed by atoms with van der Waals surface area (Å²) in [5.41, 5.74) is 0.00968. The fourth-order valence-corrected chi connectivity index (χ4v) is 3.36. The second-order valence-corrected chi connectivity index (χ2v) is 6.41. The summed E-state index contributed by atoms with van der Waals surface area (Å²) in [6.45, 7) is 13.9. The van der Waals surface area contributed by atoms with Crippen molar-refractivity contribution in [1.29, 1.82) is 0 Å². The lowest BCUT2D eigenvalue weighted by Gasteiger charge is -2.27. The predicted molar refractivity (Wildman–Crippen MR) is 83.2 cm³/mol. The van der Waals surface area contributed by atoms with Gasteiger partial charge in [-0.1, -0.05) is 18.2 Å². The van der Waals surface area contributed by atoms with Crippen LogP contribution in [0.2, 0.25) is 0 Å². The van der Waals surface area contributed by atoms with Crippen molar-refractivity contribution in [3.8, 4) is 5.75 Å². The van der Waals surface area contributed by atoms with Gasteiger partial charge in [0.1, 0.15) is 5.75 Å². The largest absolute Gasteiger partial charge is 0.475 e. The number of nitrogens with zero attached hydrogens (tertiary/aromatic N) is 2. The minimum Gasteiger partial charge on any atom is -0.475 e. The van der Waals surface area contributed by atoms with Crippen LogP contribution in [0.15, 0.2) is 24.3 Å². The fraction of sp³-hybridized carbons (Fsp3) is 0.529. The number of para-hydroxylation sites is 1. The molecule has 1 aromatic rings. The molecular formula is C17H21N3O2. The predicted octanol–water partition coefficient (Wildman–Crippen LogP) is 2.35. The molecule has 1 spiro atoms. The Bertz CT molecular complexity index is 637. The molecule has 2 aliphatic heterocycles. The van der Waals surface area contributed by atoms with E-state index in [4.69, 9.17) is 11.3 Å². The summed E-state index contributed by atoms with van der Waals surface area (Å²) in [5, 5.41) is 3.04. The van der Waals surface area contributed by atoms with Crippen molar-refractivity contribution in [3.05, 3.63) is 41.2 Å². The van der Waals surface area contributed by atoms with Crippen molar-refractivity contribution in [2.45, 2.75) is 51.0 Å². The molecule has 2 aliphatic rings. The van der Waals surface area contributed by atoms with Crippen LogP contribution in [0.25, 0.3) is 4.85 Å². The Morgan fingerprint density at radius 2 is 2.18 bits per heavy atom. The summed E-state index contributed by atoms with van der Waals surface area (Å²) in [5.74, 6) is 0.621. The molecule has 1 N–H and O–H groups in total. The lowest BCUT2D eigenvalue weighted by atomic mass is 10.0. The van der Waals surface area contributed by atoms with Crippen molar-refractivity contribution >= 4 is 5.91 Å². The number of nitrogens with one attached hydrogen (secondary N) is 1. The number of ether oxygens (including phenoxy) is 1. The molecule has 0 radical (unpaired) electrons. The number of benzene rings is 1. The number of likely N-dealkylation sites (tertiary alicyclic amines) is 1. The highest BCUT2D eigenvalue weighted by atomic mass is 16.5. The quantitative estimate of drug-likeness (QED) is 0.810. The average molecular weight is 299 g/mol. The zero-order valence-corrected chi connectivity index (χ0v) is 13.2. The van der Waals surface area contributed by atoms with Crippen LogP contribution in [-0.4, -0.2) is 35.2 Å². The van der Waals surface area contributed by atoms with E-state index in [9.17, 15) is 4.79 Å². The van der Waals surface area contributed by atoms with Crippen LogP contribution in [0.5, 0.6) is 5.75 Å². The summed E-state index contributed by atoms with van der Waals surface area (Å²) in [6.07, 6.45) is 0.0907. The van der Waals surface area contributed by atoms with Crippen LogP contribution in [0.3, 0.4) is 0 Å². The van der Waals surface area contributed by atoms with Gasteiger partial charge in [-0.05, 0) is 26.8 Å². The molecule has 0 aromatic heterocycles. The molecule has 0 saturated carbocycles. The number of carbonyl (C=O) groups is 1. The van der Waals surface area contributed by atoms with E-state index in [1.165, 1.54) is 0 Å². The van der Waals surface area contributed by atoms with Gasteiger partial charge in [-0.25, -0.2) is 11.5 Å². The Balaban J connectivity index is 2.01. The van der Waals surface area contributed by atoms with Crippen molar-refractivity contribution in [1.82, 2.24) is 10.2 Å². The Kier molecular flexibility index (Phi) is 3.57. The van der Waals surface area contributed by atoms with Gasteiger partial charge in [0.2, 0.25) is 5.60 Å². The van der Waals surface area contributed by atoms with Crippen LogP contribution in [-0.2, 0) is 4.79 Å². The van der Waals surface area contributed by atoms with Crippen LogP contribution in [0, 0.1) is 6.57 Å². The van der Waals surface area contributed by atoms with E-state index in [2.05, 4.69) is 10.2 Å². The molecule has 1 fully saturated rings. The van der Waals surface area contributed by atoms with Gasteiger partial charge in [0.05, 0.1) is 19.0 Å². The van der Waals surface area contributed by atoms with Gasteiger partial charge in [0.15, 0.2) is 0 Å². The number of amides is 1. The topological polar surface area (TPSA) is 45.9 Å². The Labute approximate surface area is 131 Å². The zero-order valence-electron chi connectivity index (χ0n) is 13.2. The first-order valence-corrected chi connectivity index (χ1v) is 7.68. The molecule has 0 bridgehead atoms. The number of fused-ring (bicyclic) bond motifs is 1. The first-order valence-electron chi connectivity index (χ1n) is 7.68. The highest BCUT2D eigenvalue weighted by Gasteiger charge is 2.56. The number of rotatable bonds is 1. The molecule has 5 heteroatoms. The molecule has 1 amide bonds. The van der Waals surface area contributed by atoms with E-state index in [0.29, 0.717) is 13.0 Å². The normalized spacial score (nSPS) is 31.3. The molecule has 3 atom stereocenters. The van der Waals surface area contributed by atoms with E-state index in [1.807, 2.05) is 49.9 Å². The summed E-state index contributed by atoms with van der Waals surface area (Å²) < 4.78 is 6.20. The standard InChI is InChI=1S/C17H21N3O2/c1-11(2)20-10-17(9-15(20)18-4)16(21)19-12(3)13-7-5-6-8-14(13)22-17/h5-8,11-12,15H,9-10H2,1-3H3,(H,19,21)/t12?,15-,17+/m0/s1. The molecule has 22 heavy (non-hydrogen) atoms. The molecule has 0 aliphatic carbocycles. The third-order valence-corrected chi connectivity index (χ3v) is 4.60. The van der Waals surface area contributed by atoms with Gasteiger partial charge in [-0.15, -0.1) is 0 Å². The average Bonchev–Trinajstić information content (AvgIpc) is 2.83. The van der Waals surface area contributed by atoms with E-state index >= 15 is 0 Å². The van der Waals surface area contributed by atoms with Gasteiger partial charge in [-0.2, -0.15) is 0 Å². The van der Waals surface area contributed by atoms with Crippen LogP contribution in [0.1, 0.15) is 38.8 Å². The van der Waals surface area contributed by atoms with Crippen molar-refractivity contribution in [3.63, 3.8) is 0 Å². The molecule has 2 heterocycles. The van der Waals surface area contributed by atoms with Gasteiger partial charge in [0, 0.05) is 11.6 Å². The van der Waals surface area contributed by atoms with Gasteiger partial charge in [0.25, 0.3) is 12.1 Å². The smallest absolute Gasteiger partial charge is 0.284 e. The van der Waals surface area contributed by atoms with E-state index in [-0.39, 0.29) is 24.2 Å². The summed E-state index contributed by atoms with van der Waals surface area (Å²) in [6, 6.07) is 7.84. The maximum Gasteiger partial charge on any atom is 0.284 e. The number of carbonyl (C=O) groups excluding carboxylic acids is 1. The molecule has 5 nitrogen and oxygen atoms in total. The SMILES string of the molecule is [C-]#[N+][C@@H]1C[C@]2(CN1C(C)C)Oc1ccccc1C(C)NC2=O. The summed E-state index contributed by atoms with van der Waals surface area (Å²) in [4.78, 5) is 18.5. The van der Waals surface area contributed by atoms with Crippen LogP contribution >= 0.6 is 0 Å². The first-order chi connectivity index (χ1) is 10.5. The van der Waals surface area contributed by atoms with Crippen LogP contribution < -0.4 is 10.1 Å². The number of hydrogen-bond donors (Lipinski definition) is 1. The molecule has 1 unspecified atom stereocenters. The summed E-state index contributed by atoms with van der Waals surface area (Å²) >= 11 is 0. The van der Waals surface area contributed by atoms with E-state index in [1.54, 1.807) is 0 Å². The van der Waals surface area contributed by atoms with Crippen molar-refractivity contribution in [2.75, 3.05) is 6.54 Å². The van der Waals surface area contributed by atoms with Crippen LogP contribution in [0.4, 0.5) is 0 Å². The summed E-state index contributed by atoms with van der Waals surface area (Å²) in [7, 11) is 0. The zero-order chi connectivity index (χ0) is 15.9. The highest BCUT2D eigenvalue weighted by molar-refractivity contribution is 5.87. The molecule has 116 valence electrons. The highest BCUT2D eigenvalue weighted by Crippen LogP contribution is 2.39. The maximum absolute atomic E-state index is 12.8. The van der Waals surface area contributed by atoms with Gasteiger partial charge < -0.3 is 10.1 Å². The lowest BCUT2D eigenvalue weighted by molar-refractivity contribution is -0.135. The van der Waals surface area contributed by atoms with Crippen molar-refractivity contribution < 1.29 is 9.53 Å². The van der Waals surface area contributed by atoms with E-state index in [0.717, 1.165) is 11.3 Å². The molecular weight excluding hydrogens is 278 g/mol. The first kappa shape index (κ1) is 14.9.